The van der Waals surface area contributed by atoms with Gasteiger partial charge in [0.2, 0.25) is 0 Å². The highest BCUT2D eigenvalue weighted by Gasteiger charge is 2.19. The number of ketones is 1. The number of aryl methyl sites for hydroxylation is 1. The van der Waals surface area contributed by atoms with Crippen LogP contribution in [0.1, 0.15) is 35.0 Å². The standard InChI is InChI=1S/C16H17N3OS/c1-10(20)11-6-8-12(9-7-11)17-15-13-4-3-5-14(13)18-16(19-15)21-2/h6-9H,3-5H2,1-2H3,(H,17,18,19). The molecule has 0 amide bonds. The molecule has 0 fully saturated rings. The number of hydrogen-bond donors (Lipinski definition) is 1. The summed E-state index contributed by atoms with van der Waals surface area (Å²) < 4.78 is 0. The summed E-state index contributed by atoms with van der Waals surface area (Å²) in [4.78, 5) is 20.5. The molecule has 1 heterocycles. The van der Waals surface area contributed by atoms with Gasteiger partial charge in [0.25, 0.3) is 0 Å². The van der Waals surface area contributed by atoms with Gasteiger partial charge < -0.3 is 5.32 Å². The van der Waals surface area contributed by atoms with E-state index >= 15 is 0 Å². The molecule has 5 heteroatoms. The molecule has 0 saturated heterocycles. The zero-order valence-corrected chi connectivity index (χ0v) is 13.0. The molecule has 0 atom stereocenters. The van der Waals surface area contributed by atoms with Crippen LogP contribution < -0.4 is 5.32 Å². The number of nitrogens with one attached hydrogen (secondary N) is 1. The van der Waals surface area contributed by atoms with Crippen molar-refractivity contribution in [2.75, 3.05) is 11.6 Å². The molecule has 0 saturated carbocycles. The number of carbonyl (C=O) groups is 1. The van der Waals surface area contributed by atoms with Crippen molar-refractivity contribution in [2.24, 2.45) is 0 Å². The van der Waals surface area contributed by atoms with Gasteiger partial charge >= 0.3 is 0 Å². The fourth-order valence-electron chi connectivity index (χ4n) is 2.53. The van der Waals surface area contributed by atoms with Crippen molar-refractivity contribution in [1.82, 2.24) is 9.97 Å². The first-order chi connectivity index (χ1) is 10.2. The average molecular weight is 299 g/mol. The Morgan fingerprint density at radius 2 is 1.95 bits per heavy atom. The number of anilines is 2. The van der Waals surface area contributed by atoms with Crippen LogP contribution in [0, 0.1) is 0 Å². The molecule has 0 unspecified atom stereocenters. The lowest BCUT2D eigenvalue weighted by atomic mass is 10.1. The number of benzene rings is 1. The number of thioether (sulfide) groups is 1. The van der Waals surface area contributed by atoms with Gasteiger partial charge in [0.05, 0.1) is 5.69 Å². The summed E-state index contributed by atoms with van der Waals surface area (Å²) >= 11 is 1.56. The maximum absolute atomic E-state index is 11.3. The van der Waals surface area contributed by atoms with Gasteiger partial charge in [0, 0.05) is 16.8 Å². The van der Waals surface area contributed by atoms with E-state index in [0.717, 1.165) is 47.2 Å². The fourth-order valence-corrected chi connectivity index (χ4v) is 2.91. The number of aromatic nitrogens is 2. The van der Waals surface area contributed by atoms with Gasteiger partial charge in [-0.2, -0.15) is 0 Å². The minimum Gasteiger partial charge on any atom is -0.340 e. The highest BCUT2D eigenvalue weighted by Crippen LogP contribution is 2.30. The lowest BCUT2D eigenvalue weighted by Crippen LogP contribution is -2.03. The molecule has 0 aliphatic heterocycles. The Morgan fingerprint density at radius 3 is 2.62 bits per heavy atom. The zero-order chi connectivity index (χ0) is 14.8. The molecule has 1 N–H and O–H groups in total. The van der Waals surface area contributed by atoms with E-state index in [1.54, 1.807) is 18.7 Å². The van der Waals surface area contributed by atoms with E-state index in [1.165, 1.54) is 5.56 Å². The first kappa shape index (κ1) is 14.1. The molecule has 4 nitrogen and oxygen atoms in total. The maximum Gasteiger partial charge on any atom is 0.189 e. The van der Waals surface area contributed by atoms with Crippen LogP contribution in [0.2, 0.25) is 0 Å². The van der Waals surface area contributed by atoms with Gasteiger partial charge in [-0.1, -0.05) is 11.8 Å². The first-order valence-corrected chi connectivity index (χ1v) is 8.21. The van der Waals surface area contributed by atoms with Gasteiger partial charge in [0.15, 0.2) is 10.9 Å². The molecule has 0 spiro atoms. The Hall–Kier alpha value is -1.88. The highest BCUT2D eigenvalue weighted by molar-refractivity contribution is 7.98. The normalized spacial score (nSPS) is 13.0. The van der Waals surface area contributed by atoms with E-state index in [2.05, 4.69) is 15.3 Å². The molecular formula is C16H17N3OS. The summed E-state index contributed by atoms with van der Waals surface area (Å²) in [5, 5.41) is 4.17. The van der Waals surface area contributed by atoms with Gasteiger partial charge in [-0.15, -0.1) is 0 Å². The van der Waals surface area contributed by atoms with Crippen LogP contribution in [0.15, 0.2) is 29.4 Å². The minimum absolute atomic E-state index is 0.0779. The predicted molar refractivity (Wildman–Crippen MR) is 85.6 cm³/mol. The quantitative estimate of drug-likeness (QED) is 0.531. The van der Waals surface area contributed by atoms with Crippen LogP contribution in [0.25, 0.3) is 0 Å². The highest BCUT2D eigenvalue weighted by atomic mass is 32.2. The number of fused-ring (bicyclic) bond motifs is 1. The lowest BCUT2D eigenvalue weighted by molar-refractivity contribution is 0.101. The molecule has 0 radical (unpaired) electrons. The summed E-state index contributed by atoms with van der Waals surface area (Å²) in [6, 6.07) is 7.50. The molecule has 1 aliphatic carbocycles. The van der Waals surface area contributed by atoms with Crippen molar-refractivity contribution >= 4 is 29.1 Å². The second-order valence-electron chi connectivity index (χ2n) is 5.10. The largest absolute Gasteiger partial charge is 0.340 e. The number of rotatable bonds is 4. The second kappa shape index (κ2) is 5.85. The van der Waals surface area contributed by atoms with Crippen LogP contribution in [-0.4, -0.2) is 22.0 Å². The van der Waals surface area contributed by atoms with Crippen molar-refractivity contribution in [3.05, 3.63) is 41.1 Å². The molecule has 0 bridgehead atoms. The Labute approximate surface area is 128 Å². The molecule has 21 heavy (non-hydrogen) atoms. The van der Waals surface area contributed by atoms with E-state index < -0.39 is 0 Å². The van der Waals surface area contributed by atoms with Crippen molar-refractivity contribution in [3.8, 4) is 0 Å². The summed E-state index contributed by atoms with van der Waals surface area (Å²) in [5.41, 5.74) is 4.05. The first-order valence-electron chi connectivity index (χ1n) is 6.99. The van der Waals surface area contributed by atoms with Crippen LogP contribution >= 0.6 is 11.8 Å². The monoisotopic (exact) mass is 299 g/mol. The van der Waals surface area contributed by atoms with Crippen molar-refractivity contribution in [1.29, 1.82) is 0 Å². The molecule has 2 aromatic rings. The Bertz CT molecular complexity index is 683. The Kier molecular flexibility index (Phi) is 3.92. The fraction of sp³-hybridized carbons (Fsp3) is 0.312. The smallest absolute Gasteiger partial charge is 0.189 e. The van der Waals surface area contributed by atoms with E-state index in [9.17, 15) is 4.79 Å². The molecule has 1 aromatic carbocycles. The van der Waals surface area contributed by atoms with Gasteiger partial charge in [-0.3, -0.25) is 4.79 Å². The summed E-state index contributed by atoms with van der Waals surface area (Å²) in [6.07, 6.45) is 5.18. The van der Waals surface area contributed by atoms with Gasteiger partial charge in [-0.05, 0) is 56.7 Å². The van der Waals surface area contributed by atoms with Crippen LogP contribution in [-0.2, 0) is 12.8 Å². The number of hydrogen-bond acceptors (Lipinski definition) is 5. The molecular weight excluding hydrogens is 282 g/mol. The third kappa shape index (κ3) is 2.93. The summed E-state index contributed by atoms with van der Waals surface area (Å²) in [5.74, 6) is 0.978. The van der Waals surface area contributed by atoms with Crippen molar-refractivity contribution < 1.29 is 4.79 Å². The van der Waals surface area contributed by atoms with E-state index in [4.69, 9.17) is 0 Å². The predicted octanol–water partition coefficient (Wildman–Crippen LogP) is 3.63. The van der Waals surface area contributed by atoms with Crippen molar-refractivity contribution in [2.45, 2.75) is 31.3 Å². The van der Waals surface area contributed by atoms with Crippen LogP contribution in [0.4, 0.5) is 11.5 Å². The molecule has 1 aliphatic rings. The Morgan fingerprint density at radius 1 is 1.19 bits per heavy atom. The Balaban J connectivity index is 1.90. The lowest BCUT2D eigenvalue weighted by Gasteiger charge is -2.11. The third-order valence-corrected chi connectivity index (χ3v) is 4.20. The number of carbonyl (C=O) groups excluding carboxylic acids is 1. The zero-order valence-electron chi connectivity index (χ0n) is 12.1. The SMILES string of the molecule is CSc1nc2c(c(Nc3ccc(C(C)=O)cc3)n1)CCC2. The van der Waals surface area contributed by atoms with Crippen LogP contribution in [0.5, 0.6) is 0 Å². The molecule has 3 rings (SSSR count). The van der Waals surface area contributed by atoms with E-state index in [0.29, 0.717) is 0 Å². The van der Waals surface area contributed by atoms with E-state index in [1.807, 2.05) is 30.5 Å². The number of Topliss-reactive ketones (excluding diaryl/α,β-unsaturated/α-hetero) is 1. The molecule has 108 valence electrons. The maximum atomic E-state index is 11.3. The van der Waals surface area contributed by atoms with Gasteiger partial charge in [-0.25, -0.2) is 9.97 Å². The summed E-state index contributed by atoms with van der Waals surface area (Å²) in [7, 11) is 0. The minimum atomic E-state index is 0.0779. The number of nitrogens with zero attached hydrogens (tertiary/aromatic N) is 2. The third-order valence-electron chi connectivity index (χ3n) is 3.65. The second-order valence-corrected chi connectivity index (χ2v) is 5.87. The van der Waals surface area contributed by atoms with Crippen LogP contribution in [0.3, 0.4) is 0 Å². The average Bonchev–Trinajstić information content (AvgIpc) is 2.96. The van der Waals surface area contributed by atoms with E-state index in [-0.39, 0.29) is 5.78 Å². The van der Waals surface area contributed by atoms with Gasteiger partial charge in [0.1, 0.15) is 5.82 Å². The molecule has 1 aromatic heterocycles. The van der Waals surface area contributed by atoms with Crippen molar-refractivity contribution in [3.63, 3.8) is 0 Å². The topological polar surface area (TPSA) is 54.9 Å². The summed E-state index contributed by atoms with van der Waals surface area (Å²) in [6.45, 7) is 1.57.